The number of aryl methyl sites for hydroxylation is 1. The summed E-state index contributed by atoms with van der Waals surface area (Å²) in [5, 5.41) is 9.67. The molecule has 1 aliphatic heterocycles. The van der Waals surface area contributed by atoms with Gasteiger partial charge in [-0.05, 0) is 12.5 Å². The van der Waals surface area contributed by atoms with Gasteiger partial charge in [0.25, 0.3) is 0 Å². The fraction of sp³-hybridized carbons (Fsp3) is 0.600. The Kier molecular flexibility index (Phi) is 3.40. The minimum atomic E-state index is -0.156. The highest BCUT2D eigenvalue weighted by molar-refractivity contribution is 5.74. The molecule has 0 spiro atoms. The predicted octanol–water partition coefficient (Wildman–Crippen LogP) is 0.00820. The fourth-order valence-electron chi connectivity index (χ4n) is 1.63. The SMILES string of the molecule is Cn1nccc1CNC(=O)NC1CCOC1. The van der Waals surface area contributed by atoms with Gasteiger partial charge in [0.2, 0.25) is 0 Å². The van der Waals surface area contributed by atoms with Crippen molar-refractivity contribution in [3.05, 3.63) is 18.0 Å². The third-order valence-corrected chi connectivity index (χ3v) is 2.62. The van der Waals surface area contributed by atoms with Crippen molar-refractivity contribution in [2.45, 2.75) is 19.0 Å². The topological polar surface area (TPSA) is 68.2 Å². The first-order valence-electron chi connectivity index (χ1n) is 5.34. The van der Waals surface area contributed by atoms with Crippen LogP contribution in [-0.2, 0) is 18.3 Å². The van der Waals surface area contributed by atoms with Gasteiger partial charge in [-0.1, -0.05) is 0 Å². The van der Waals surface area contributed by atoms with Crippen LogP contribution >= 0.6 is 0 Å². The highest BCUT2D eigenvalue weighted by Gasteiger charge is 2.17. The first kappa shape index (κ1) is 10.9. The lowest BCUT2D eigenvalue weighted by Gasteiger charge is -2.11. The van der Waals surface area contributed by atoms with Crippen LogP contribution in [0, 0.1) is 0 Å². The van der Waals surface area contributed by atoms with Gasteiger partial charge >= 0.3 is 6.03 Å². The predicted molar refractivity (Wildman–Crippen MR) is 57.8 cm³/mol. The summed E-state index contributed by atoms with van der Waals surface area (Å²) >= 11 is 0. The number of nitrogens with zero attached hydrogens (tertiary/aromatic N) is 2. The van der Waals surface area contributed by atoms with E-state index < -0.39 is 0 Å². The molecule has 2 rings (SSSR count). The van der Waals surface area contributed by atoms with Crippen LogP contribution < -0.4 is 10.6 Å². The van der Waals surface area contributed by atoms with E-state index in [0.29, 0.717) is 13.2 Å². The number of nitrogens with one attached hydrogen (secondary N) is 2. The lowest BCUT2D eigenvalue weighted by atomic mass is 10.3. The normalized spacial score (nSPS) is 19.7. The molecule has 1 aromatic heterocycles. The van der Waals surface area contributed by atoms with E-state index in [9.17, 15) is 4.79 Å². The van der Waals surface area contributed by atoms with Crippen LogP contribution in [0.15, 0.2) is 12.3 Å². The van der Waals surface area contributed by atoms with Gasteiger partial charge in [0.15, 0.2) is 0 Å². The van der Waals surface area contributed by atoms with E-state index in [2.05, 4.69) is 15.7 Å². The fourth-order valence-corrected chi connectivity index (χ4v) is 1.63. The van der Waals surface area contributed by atoms with E-state index in [1.807, 2.05) is 13.1 Å². The maximum Gasteiger partial charge on any atom is 0.315 e. The van der Waals surface area contributed by atoms with E-state index in [-0.39, 0.29) is 12.1 Å². The molecule has 2 heterocycles. The molecule has 88 valence electrons. The molecule has 0 aliphatic carbocycles. The Hall–Kier alpha value is -1.56. The van der Waals surface area contributed by atoms with Gasteiger partial charge in [0.1, 0.15) is 0 Å². The molecule has 16 heavy (non-hydrogen) atoms. The quantitative estimate of drug-likeness (QED) is 0.760. The van der Waals surface area contributed by atoms with E-state index >= 15 is 0 Å². The van der Waals surface area contributed by atoms with Gasteiger partial charge < -0.3 is 15.4 Å². The Labute approximate surface area is 94.0 Å². The molecule has 1 aliphatic rings. The molecular weight excluding hydrogens is 208 g/mol. The molecule has 1 atom stereocenters. The lowest BCUT2D eigenvalue weighted by Crippen LogP contribution is -2.42. The van der Waals surface area contributed by atoms with Crippen molar-refractivity contribution < 1.29 is 9.53 Å². The standard InChI is InChI=1S/C10H16N4O2/c1-14-9(2-4-12-14)6-11-10(15)13-8-3-5-16-7-8/h2,4,8H,3,5-7H2,1H3,(H2,11,13,15). The number of hydrogen-bond acceptors (Lipinski definition) is 3. The van der Waals surface area contributed by atoms with Crippen LogP contribution in [0.3, 0.4) is 0 Å². The van der Waals surface area contributed by atoms with E-state index in [0.717, 1.165) is 18.7 Å². The molecule has 2 amide bonds. The summed E-state index contributed by atoms with van der Waals surface area (Å²) in [4.78, 5) is 11.5. The number of urea groups is 1. The van der Waals surface area contributed by atoms with Gasteiger partial charge in [-0.2, -0.15) is 5.10 Å². The highest BCUT2D eigenvalue weighted by atomic mass is 16.5. The molecule has 1 saturated heterocycles. The number of rotatable bonds is 3. The molecule has 2 N–H and O–H groups in total. The molecule has 0 radical (unpaired) electrons. The Morgan fingerprint density at radius 3 is 3.25 bits per heavy atom. The van der Waals surface area contributed by atoms with Crippen molar-refractivity contribution >= 4 is 6.03 Å². The molecule has 1 unspecified atom stereocenters. The van der Waals surface area contributed by atoms with Crippen molar-refractivity contribution in [3.8, 4) is 0 Å². The van der Waals surface area contributed by atoms with E-state index in [4.69, 9.17) is 4.74 Å². The molecule has 0 bridgehead atoms. The zero-order valence-corrected chi connectivity index (χ0v) is 9.27. The van der Waals surface area contributed by atoms with Gasteiger partial charge in [-0.25, -0.2) is 4.79 Å². The molecule has 6 nitrogen and oxygen atoms in total. The Morgan fingerprint density at radius 2 is 2.62 bits per heavy atom. The summed E-state index contributed by atoms with van der Waals surface area (Å²) < 4.78 is 6.91. The maximum atomic E-state index is 11.5. The summed E-state index contributed by atoms with van der Waals surface area (Å²) in [6.07, 6.45) is 2.60. The minimum absolute atomic E-state index is 0.145. The van der Waals surface area contributed by atoms with Gasteiger partial charge in [-0.3, -0.25) is 4.68 Å². The molecule has 6 heteroatoms. The average molecular weight is 224 g/mol. The number of amides is 2. The summed E-state index contributed by atoms with van der Waals surface area (Å²) in [6, 6.07) is 1.86. The maximum absolute atomic E-state index is 11.5. The van der Waals surface area contributed by atoms with Crippen LogP contribution in [0.1, 0.15) is 12.1 Å². The van der Waals surface area contributed by atoms with Crippen molar-refractivity contribution in [1.29, 1.82) is 0 Å². The van der Waals surface area contributed by atoms with Crippen molar-refractivity contribution in [1.82, 2.24) is 20.4 Å². The second kappa shape index (κ2) is 4.98. The van der Waals surface area contributed by atoms with Crippen LogP contribution in [0.4, 0.5) is 4.79 Å². The summed E-state index contributed by atoms with van der Waals surface area (Å²) in [5.74, 6) is 0. The largest absolute Gasteiger partial charge is 0.379 e. The first-order chi connectivity index (χ1) is 7.75. The molecular formula is C10H16N4O2. The molecule has 0 aromatic carbocycles. The van der Waals surface area contributed by atoms with Gasteiger partial charge in [0.05, 0.1) is 24.9 Å². The smallest absolute Gasteiger partial charge is 0.315 e. The zero-order valence-electron chi connectivity index (χ0n) is 9.27. The summed E-state index contributed by atoms with van der Waals surface area (Å²) in [6.45, 7) is 1.82. The average Bonchev–Trinajstić information content (AvgIpc) is 2.87. The molecule has 0 saturated carbocycles. The van der Waals surface area contributed by atoms with Crippen molar-refractivity contribution in [2.24, 2.45) is 7.05 Å². The highest BCUT2D eigenvalue weighted by Crippen LogP contribution is 2.02. The Balaban J connectivity index is 1.73. The van der Waals surface area contributed by atoms with Crippen molar-refractivity contribution in [2.75, 3.05) is 13.2 Å². The second-order valence-electron chi connectivity index (χ2n) is 3.83. The van der Waals surface area contributed by atoms with Crippen LogP contribution in [0.2, 0.25) is 0 Å². The van der Waals surface area contributed by atoms with E-state index in [1.54, 1.807) is 10.9 Å². The zero-order chi connectivity index (χ0) is 11.4. The lowest BCUT2D eigenvalue weighted by molar-refractivity contribution is 0.188. The van der Waals surface area contributed by atoms with Gasteiger partial charge in [-0.15, -0.1) is 0 Å². The van der Waals surface area contributed by atoms with Crippen molar-refractivity contribution in [3.63, 3.8) is 0 Å². The van der Waals surface area contributed by atoms with Gasteiger partial charge in [0, 0.05) is 19.9 Å². The van der Waals surface area contributed by atoms with Crippen LogP contribution in [0.25, 0.3) is 0 Å². The first-order valence-corrected chi connectivity index (χ1v) is 5.34. The number of carbonyl (C=O) groups excluding carboxylic acids is 1. The molecule has 1 fully saturated rings. The monoisotopic (exact) mass is 224 g/mol. The van der Waals surface area contributed by atoms with E-state index in [1.165, 1.54) is 0 Å². The third-order valence-electron chi connectivity index (χ3n) is 2.62. The third kappa shape index (κ3) is 2.73. The molecule has 1 aromatic rings. The Morgan fingerprint density at radius 1 is 1.75 bits per heavy atom. The number of hydrogen-bond donors (Lipinski definition) is 2. The van der Waals surface area contributed by atoms with Crippen LogP contribution in [-0.4, -0.2) is 35.1 Å². The van der Waals surface area contributed by atoms with Crippen LogP contribution in [0.5, 0.6) is 0 Å². The summed E-state index contributed by atoms with van der Waals surface area (Å²) in [7, 11) is 1.85. The number of carbonyl (C=O) groups is 1. The summed E-state index contributed by atoms with van der Waals surface area (Å²) in [5.41, 5.74) is 0.970. The Bertz CT molecular complexity index is 357. The number of aromatic nitrogens is 2. The number of ether oxygens (including phenoxy) is 1. The second-order valence-corrected chi connectivity index (χ2v) is 3.83. The minimum Gasteiger partial charge on any atom is -0.379 e.